The minimum Gasteiger partial charge on any atom is -0.484 e. The predicted octanol–water partition coefficient (Wildman–Crippen LogP) is 3.37. The third-order valence-corrected chi connectivity index (χ3v) is 4.18. The van der Waals surface area contributed by atoms with Crippen molar-refractivity contribution in [1.29, 1.82) is 5.26 Å². The molecule has 2 rings (SSSR count). The van der Waals surface area contributed by atoms with E-state index in [-0.39, 0.29) is 18.3 Å². The van der Waals surface area contributed by atoms with E-state index in [9.17, 15) is 9.18 Å². The highest BCUT2D eigenvalue weighted by Crippen LogP contribution is 2.18. The highest BCUT2D eigenvalue weighted by molar-refractivity contribution is 7.99. The van der Waals surface area contributed by atoms with Gasteiger partial charge in [0.1, 0.15) is 11.6 Å². The van der Waals surface area contributed by atoms with E-state index in [0.29, 0.717) is 17.9 Å². The number of amides is 1. The van der Waals surface area contributed by atoms with E-state index >= 15 is 0 Å². The van der Waals surface area contributed by atoms with Crippen LogP contribution in [0.5, 0.6) is 5.75 Å². The molecule has 4 nitrogen and oxygen atoms in total. The van der Waals surface area contributed by atoms with Gasteiger partial charge in [-0.1, -0.05) is 0 Å². The van der Waals surface area contributed by atoms with Crippen LogP contribution in [-0.2, 0) is 4.79 Å². The maximum Gasteiger partial charge on any atom is 0.257 e. The van der Waals surface area contributed by atoms with Crippen LogP contribution in [0.1, 0.15) is 12.0 Å². The van der Waals surface area contributed by atoms with E-state index in [1.165, 1.54) is 12.1 Å². The minimum atomic E-state index is -0.242. The standard InChI is InChI=1S/C18H17FN2O2S/c19-15-4-8-17(9-5-15)24-11-1-10-21-18(22)13-23-16-6-2-14(12-20)3-7-16/h2-9H,1,10-11,13H2,(H,21,22). The molecule has 0 bridgehead atoms. The number of thioether (sulfide) groups is 1. The lowest BCUT2D eigenvalue weighted by Crippen LogP contribution is -2.29. The molecular weight excluding hydrogens is 327 g/mol. The average molecular weight is 344 g/mol. The number of hydrogen-bond acceptors (Lipinski definition) is 4. The third kappa shape index (κ3) is 6.31. The highest BCUT2D eigenvalue weighted by atomic mass is 32.2. The van der Waals surface area contributed by atoms with Gasteiger partial charge in [-0.15, -0.1) is 11.8 Å². The summed E-state index contributed by atoms with van der Waals surface area (Å²) < 4.78 is 18.1. The molecular formula is C18H17FN2O2S. The molecule has 6 heteroatoms. The Kier molecular flexibility index (Phi) is 7.12. The molecule has 0 aliphatic carbocycles. The van der Waals surface area contributed by atoms with E-state index in [1.54, 1.807) is 48.2 Å². The number of benzene rings is 2. The molecule has 0 saturated carbocycles. The van der Waals surface area contributed by atoms with Crippen molar-refractivity contribution in [3.05, 3.63) is 59.9 Å². The smallest absolute Gasteiger partial charge is 0.257 e. The molecule has 0 aromatic heterocycles. The van der Waals surface area contributed by atoms with Crippen molar-refractivity contribution >= 4 is 17.7 Å². The van der Waals surface area contributed by atoms with Crippen LogP contribution in [0.25, 0.3) is 0 Å². The van der Waals surface area contributed by atoms with Crippen molar-refractivity contribution in [2.45, 2.75) is 11.3 Å². The summed E-state index contributed by atoms with van der Waals surface area (Å²) in [6.45, 7) is 0.501. The number of carbonyl (C=O) groups is 1. The van der Waals surface area contributed by atoms with Gasteiger partial charge in [0.05, 0.1) is 11.6 Å². The summed E-state index contributed by atoms with van der Waals surface area (Å²) in [4.78, 5) is 12.7. The van der Waals surface area contributed by atoms with Crippen LogP contribution in [0.15, 0.2) is 53.4 Å². The van der Waals surface area contributed by atoms with E-state index in [0.717, 1.165) is 17.1 Å². The quantitative estimate of drug-likeness (QED) is 0.589. The van der Waals surface area contributed by atoms with Crippen LogP contribution in [-0.4, -0.2) is 24.8 Å². The van der Waals surface area contributed by atoms with E-state index in [1.807, 2.05) is 6.07 Å². The molecule has 0 aliphatic rings. The second-order valence-electron chi connectivity index (χ2n) is 4.93. The maximum atomic E-state index is 12.8. The fraction of sp³-hybridized carbons (Fsp3) is 0.222. The fourth-order valence-corrected chi connectivity index (χ4v) is 2.70. The number of rotatable bonds is 8. The van der Waals surface area contributed by atoms with Gasteiger partial charge in [0.2, 0.25) is 0 Å². The van der Waals surface area contributed by atoms with Crippen LogP contribution in [0.3, 0.4) is 0 Å². The van der Waals surface area contributed by atoms with Gasteiger partial charge in [0, 0.05) is 11.4 Å². The van der Waals surface area contributed by atoms with E-state index < -0.39 is 0 Å². The van der Waals surface area contributed by atoms with Crippen LogP contribution < -0.4 is 10.1 Å². The van der Waals surface area contributed by atoms with Crippen LogP contribution in [0.4, 0.5) is 4.39 Å². The normalized spacial score (nSPS) is 10.0. The van der Waals surface area contributed by atoms with Crippen molar-refractivity contribution < 1.29 is 13.9 Å². The lowest BCUT2D eigenvalue weighted by atomic mass is 10.2. The fourth-order valence-electron chi connectivity index (χ4n) is 1.85. The Bertz CT molecular complexity index is 696. The molecule has 1 amide bonds. The Morgan fingerprint density at radius 2 is 1.88 bits per heavy atom. The average Bonchev–Trinajstić information content (AvgIpc) is 2.61. The maximum absolute atomic E-state index is 12.8. The highest BCUT2D eigenvalue weighted by Gasteiger charge is 2.03. The molecule has 0 saturated heterocycles. The molecule has 2 aromatic carbocycles. The second-order valence-corrected chi connectivity index (χ2v) is 6.10. The molecule has 1 N–H and O–H groups in total. The van der Waals surface area contributed by atoms with Gasteiger partial charge in [0.25, 0.3) is 5.91 Å². The molecule has 0 radical (unpaired) electrons. The molecule has 124 valence electrons. The monoisotopic (exact) mass is 344 g/mol. The lowest BCUT2D eigenvalue weighted by Gasteiger charge is -2.07. The van der Waals surface area contributed by atoms with Gasteiger partial charge >= 0.3 is 0 Å². The first-order chi connectivity index (χ1) is 11.7. The van der Waals surface area contributed by atoms with Crippen molar-refractivity contribution in [3.63, 3.8) is 0 Å². The summed E-state index contributed by atoms with van der Waals surface area (Å²) in [5.74, 6) is 0.957. The zero-order chi connectivity index (χ0) is 17.2. The number of ether oxygens (including phenoxy) is 1. The zero-order valence-electron chi connectivity index (χ0n) is 13.0. The number of carbonyl (C=O) groups excluding carboxylic acids is 1. The van der Waals surface area contributed by atoms with E-state index in [2.05, 4.69) is 5.32 Å². The Morgan fingerprint density at radius 3 is 2.54 bits per heavy atom. The first kappa shape index (κ1) is 17.8. The van der Waals surface area contributed by atoms with Crippen molar-refractivity contribution in [2.75, 3.05) is 18.9 Å². The van der Waals surface area contributed by atoms with Crippen molar-refractivity contribution in [3.8, 4) is 11.8 Å². The van der Waals surface area contributed by atoms with Gasteiger partial charge in [-0.25, -0.2) is 4.39 Å². The Labute approximate surface area is 144 Å². The van der Waals surface area contributed by atoms with Crippen molar-refractivity contribution in [1.82, 2.24) is 5.32 Å². The molecule has 0 fully saturated rings. The van der Waals surface area contributed by atoms with Crippen LogP contribution in [0.2, 0.25) is 0 Å². The minimum absolute atomic E-state index is 0.0585. The third-order valence-electron chi connectivity index (χ3n) is 3.08. The summed E-state index contributed by atoms with van der Waals surface area (Å²) >= 11 is 1.62. The van der Waals surface area contributed by atoms with Gasteiger partial charge < -0.3 is 10.1 Å². The summed E-state index contributed by atoms with van der Waals surface area (Å²) in [5, 5.41) is 11.5. The van der Waals surface area contributed by atoms with Crippen LogP contribution in [0, 0.1) is 17.1 Å². The SMILES string of the molecule is N#Cc1ccc(OCC(=O)NCCCSc2ccc(F)cc2)cc1. The molecule has 0 unspecified atom stereocenters. The summed E-state index contributed by atoms with van der Waals surface area (Å²) in [6.07, 6.45) is 0.810. The molecule has 0 atom stereocenters. The van der Waals surface area contributed by atoms with E-state index in [4.69, 9.17) is 10.00 Å². The molecule has 2 aromatic rings. The van der Waals surface area contributed by atoms with Gasteiger partial charge in [0.15, 0.2) is 6.61 Å². The van der Waals surface area contributed by atoms with Gasteiger partial charge in [-0.3, -0.25) is 4.79 Å². The molecule has 0 heterocycles. The topological polar surface area (TPSA) is 62.1 Å². The number of nitrogens with one attached hydrogen (secondary N) is 1. The van der Waals surface area contributed by atoms with Crippen molar-refractivity contribution in [2.24, 2.45) is 0 Å². The number of nitriles is 1. The Morgan fingerprint density at radius 1 is 1.17 bits per heavy atom. The first-order valence-corrected chi connectivity index (χ1v) is 8.44. The molecule has 24 heavy (non-hydrogen) atoms. The Balaban J connectivity index is 1.57. The molecule has 0 spiro atoms. The zero-order valence-corrected chi connectivity index (χ0v) is 13.8. The van der Waals surface area contributed by atoms with Crippen LogP contribution >= 0.6 is 11.8 Å². The predicted molar refractivity (Wildman–Crippen MR) is 91.4 cm³/mol. The molecule has 0 aliphatic heterocycles. The summed E-state index contributed by atoms with van der Waals surface area (Å²) in [7, 11) is 0. The lowest BCUT2D eigenvalue weighted by molar-refractivity contribution is -0.123. The second kappa shape index (κ2) is 9.58. The Hall–Kier alpha value is -2.52. The van der Waals surface area contributed by atoms with Gasteiger partial charge in [-0.05, 0) is 60.7 Å². The van der Waals surface area contributed by atoms with Gasteiger partial charge in [-0.2, -0.15) is 5.26 Å². The number of halogens is 1. The number of nitrogens with zero attached hydrogens (tertiary/aromatic N) is 1. The summed E-state index contributed by atoms with van der Waals surface area (Å²) in [6, 6.07) is 15.0. The largest absolute Gasteiger partial charge is 0.484 e. The first-order valence-electron chi connectivity index (χ1n) is 7.45. The summed E-state index contributed by atoms with van der Waals surface area (Å²) in [5.41, 5.74) is 0.547. The number of hydrogen-bond donors (Lipinski definition) is 1.